The quantitative estimate of drug-likeness (QED) is 0.395. The highest BCUT2D eigenvalue weighted by Crippen LogP contribution is 2.23. The van der Waals surface area contributed by atoms with Gasteiger partial charge in [-0.1, -0.05) is 41.6 Å². The van der Waals surface area contributed by atoms with E-state index in [-0.39, 0.29) is 12.4 Å². The predicted octanol–water partition coefficient (Wildman–Crippen LogP) is 5.13. The number of nitrogens with zero attached hydrogens (tertiary/aromatic N) is 3. The largest absolute Gasteiger partial charge is 0.486 e. The van der Waals surface area contributed by atoms with Crippen LogP contribution in [0.1, 0.15) is 11.4 Å². The highest BCUT2D eigenvalue weighted by atomic mass is 35.5. The molecular weight excluding hydrogens is 373 g/mol. The van der Waals surface area contributed by atoms with Gasteiger partial charge in [0, 0.05) is 17.3 Å². The lowest BCUT2D eigenvalue weighted by Gasteiger charge is -2.09. The lowest BCUT2D eigenvalue weighted by molar-refractivity contribution is 0.288. The zero-order chi connectivity index (χ0) is 18.4. The van der Waals surface area contributed by atoms with Gasteiger partial charge in [0.25, 0.3) is 0 Å². The molecule has 0 atom stereocenters. The second-order valence-corrected chi connectivity index (χ2v) is 6.83. The molecule has 0 amide bonds. The van der Waals surface area contributed by atoms with Crippen molar-refractivity contribution < 1.29 is 9.13 Å². The second kappa shape index (κ2) is 8.87. The van der Waals surface area contributed by atoms with Crippen LogP contribution in [0, 0.1) is 5.82 Å². The fraction of sp³-hybridized carbons (Fsp3) is 0.158. The Morgan fingerprint density at radius 1 is 1.12 bits per heavy atom. The van der Waals surface area contributed by atoms with Crippen LogP contribution in [0.15, 0.2) is 66.3 Å². The number of hydrogen-bond acceptors (Lipinski definition) is 4. The van der Waals surface area contributed by atoms with Crippen molar-refractivity contribution in [2.45, 2.75) is 24.1 Å². The monoisotopic (exact) mass is 389 g/mol. The number of aromatic nitrogens is 3. The first-order valence-electron chi connectivity index (χ1n) is 7.94. The maximum Gasteiger partial charge on any atom is 0.191 e. The molecule has 2 aromatic carbocycles. The first kappa shape index (κ1) is 18.5. The summed E-state index contributed by atoms with van der Waals surface area (Å²) in [6.45, 7) is 4.62. The normalized spacial score (nSPS) is 10.7. The van der Waals surface area contributed by atoms with Gasteiger partial charge in [-0.05, 0) is 42.0 Å². The minimum atomic E-state index is -0.298. The van der Waals surface area contributed by atoms with Crippen molar-refractivity contribution in [2.75, 3.05) is 0 Å². The first-order valence-corrected chi connectivity index (χ1v) is 9.30. The molecule has 1 heterocycles. The molecule has 0 unspecified atom stereocenters. The van der Waals surface area contributed by atoms with E-state index in [2.05, 4.69) is 16.8 Å². The number of halogens is 2. The van der Waals surface area contributed by atoms with Gasteiger partial charge in [-0.3, -0.25) is 4.57 Å². The fourth-order valence-electron chi connectivity index (χ4n) is 2.25. The van der Waals surface area contributed by atoms with Gasteiger partial charge >= 0.3 is 0 Å². The van der Waals surface area contributed by atoms with Crippen LogP contribution < -0.4 is 4.74 Å². The van der Waals surface area contributed by atoms with Crippen molar-refractivity contribution in [3.63, 3.8) is 0 Å². The molecule has 0 aliphatic heterocycles. The van der Waals surface area contributed by atoms with Gasteiger partial charge in [-0.2, -0.15) is 0 Å². The number of hydrogen-bond donors (Lipinski definition) is 0. The predicted molar refractivity (Wildman–Crippen MR) is 102 cm³/mol. The molecule has 134 valence electrons. The summed E-state index contributed by atoms with van der Waals surface area (Å²) >= 11 is 7.50. The molecule has 0 N–H and O–H groups in total. The molecule has 0 saturated carbocycles. The summed E-state index contributed by atoms with van der Waals surface area (Å²) in [6.07, 6.45) is 1.79. The van der Waals surface area contributed by atoms with Gasteiger partial charge in [0.2, 0.25) is 0 Å². The highest BCUT2D eigenvalue weighted by molar-refractivity contribution is 7.98. The van der Waals surface area contributed by atoms with Gasteiger partial charge in [0.1, 0.15) is 18.2 Å². The lowest BCUT2D eigenvalue weighted by atomic mass is 10.2. The Morgan fingerprint density at radius 3 is 2.54 bits per heavy atom. The number of benzene rings is 2. The van der Waals surface area contributed by atoms with E-state index >= 15 is 0 Å². The molecule has 0 saturated heterocycles. The summed E-state index contributed by atoms with van der Waals surface area (Å²) in [5, 5.41) is 9.98. The molecule has 0 aliphatic carbocycles. The third-order valence-electron chi connectivity index (χ3n) is 3.57. The second-order valence-electron chi connectivity index (χ2n) is 5.46. The lowest BCUT2D eigenvalue weighted by Crippen LogP contribution is -2.07. The molecule has 1 aromatic heterocycles. The minimum absolute atomic E-state index is 0.244. The molecule has 26 heavy (non-hydrogen) atoms. The van der Waals surface area contributed by atoms with E-state index in [0.29, 0.717) is 23.1 Å². The molecule has 0 radical (unpaired) electrons. The third-order valence-corrected chi connectivity index (χ3v) is 4.86. The van der Waals surface area contributed by atoms with E-state index < -0.39 is 0 Å². The summed E-state index contributed by atoms with van der Waals surface area (Å²) in [7, 11) is 0. The summed E-state index contributed by atoms with van der Waals surface area (Å²) in [5.74, 6) is 1.72. The van der Waals surface area contributed by atoms with Crippen molar-refractivity contribution in [1.29, 1.82) is 0 Å². The third kappa shape index (κ3) is 4.86. The molecule has 0 spiro atoms. The minimum Gasteiger partial charge on any atom is -0.486 e. The molecule has 0 aliphatic rings. The smallest absolute Gasteiger partial charge is 0.191 e. The van der Waals surface area contributed by atoms with E-state index in [1.165, 1.54) is 12.1 Å². The van der Waals surface area contributed by atoms with E-state index in [1.54, 1.807) is 30.0 Å². The SMILES string of the molecule is C=CCn1c(COc2ccc(F)cc2)nnc1SCc1ccc(Cl)cc1. The van der Waals surface area contributed by atoms with E-state index in [9.17, 15) is 4.39 Å². The zero-order valence-corrected chi connectivity index (χ0v) is 15.5. The first-order chi connectivity index (χ1) is 12.7. The Bertz CT molecular complexity index is 798. The molecule has 0 fully saturated rings. The van der Waals surface area contributed by atoms with Crippen LogP contribution in [0.2, 0.25) is 5.02 Å². The van der Waals surface area contributed by atoms with Crippen LogP contribution in [0.5, 0.6) is 5.75 Å². The van der Waals surface area contributed by atoms with Gasteiger partial charge in [0.15, 0.2) is 11.0 Å². The van der Waals surface area contributed by atoms with Crippen molar-refractivity contribution in [3.8, 4) is 5.75 Å². The Kier molecular flexibility index (Phi) is 6.30. The molecule has 7 heteroatoms. The molecule has 4 nitrogen and oxygen atoms in total. The van der Waals surface area contributed by atoms with Crippen LogP contribution in [-0.2, 0) is 18.9 Å². The van der Waals surface area contributed by atoms with Crippen molar-refractivity contribution in [3.05, 3.63) is 83.4 Å². The van der Waals surface area contributed by atoms with Crippen LogP contribution in [-0.4, -0.2) is 14.8 Å². The fourth-order valence-corrected chi connectivity index (χ4v) is 3.30. The average molecular weight is 390 g/mol. The standard InChI is InChI=1S/C19H17ClFN3OS/c1-2-11-24-18(12-25-17-9-7-16(21)8-10-17)22-23-19(24)26-13-14-3-5-15(20)6-4-14/h2-10H,1,11-13H2. The van der Waals surface area contributed by atoms with Crippen molar-refractivity contribution in [2.24, 2.45) is 0 Å². The Hall–Kier alpha value is -2.31. The Balaban J connectivity index is 1.67. The van der Waals surface area contributed by atoms with Crippen LogP contribution in [0.25, 0.3) is 0 Å². The molecule has 0 bridgehead atoms. The van der Waals surface area contributed by atoms with Gasteiger partial charge in [-0.25, -0.2) is 4.39 Å². The Labute approximate surface area is 160 Å². The number of allylic oxidation sites excluding steroid dienone is 1. The van der Waals surface area contributed by atoms with Crippen LogP contribution in [0.4, 0.5) is 4.39 Å². The summed E-state index contributed by atoms with van der Waals surface area (Å²) in [6, 6.07) is 13.6. The van der Waals surface area contributed by atoms with E-state index in [1.807, 2.05) is 28.8 Å². The van der Waals surface area contributed by atoms with Crippen molar-refractivity contribution in [1.82, 2.24) is 14.8 Å². The summed E-state index contributed by atoms with van der Waals surface area (Å²) in [4.78, 5) is 0. The molecular formula is C19H17ClFN3OS. The van der Waals surface area contributed by atoms with Crippen LogP contribution in [0.3, 0.4) is 0 Å². The average Bonchev–Trinajstić information content (AvgIpc) is 3.03. The summed E-state index contributed by atoms with van der Waals surface area (Å²) < 4.78 is 20.6. The van der Waals surface area contributed by atoms with Crippen molar-refractivity contribution >= 4 is 23.4 Å². The summed E-state index contributed by atoms with van der Waals surface area (Å²) in [5.41, 5.74) is 1.15. The number of ether oxygens (including phenoxy) is 1. The maximum absolute atomic E-state index is 13.0. The Morgan fingerprint density at radius 2 is 1.85 bits per heavy atom. The molecule has 3 rings (SSSR count). The highest BCUT2D eigenvalue weighted by Gasteiger charge is 2.12. The van der Waals surface area contributed by atoms with E-state index in [4.69, 9.17) is 16.3 Å². The zero-order valence-electron chi connectivity index (χ0n) is 13.9. The van der Waals surface area contributed by atoms with Gasteiger partial charge in [-0.15, -0.1) is 16.8 Å². The number of rotatable bonds is 8. The topological polar surface area (TPSA) is 39.9 Å². The number of thioether (sulfide) groups is 1. The van der Waals surface area contributed by atoms with Crippen LogP contribution >= 0.6 is 23.4 Å². The van der Waals surface area contributed by atoms with Gasteiger partial charge < -0.3 is 4.74 Å². The molecule has 3 aromatic rings. The maximum atomic E-state index is 13.0. The van der Waals surface area contributed by atoms with E-state index in [0.717, 1.165) is 16.5 Å². The van der Waals surface area contributed by atoms with Gasteiger partial charge in [0.05, 0.1) is 0 Å².